The van der Waals surface area contributed by atoms with Crippen molar-refractivity contribution in [3.8, 4) is 0 Å². The second-order valence-corrected chi connectivity index (χ2v) is 9.25. The summed E-state index contributed by atoms with van der Waals surface area (Å²) in [5.41, 5.74) is 1.08. The number of sulfonamides is 1. The maximum atomic E-state index is 12.6. The van der Waals surface area contributed by atoms with E-state index in [1.54, 1.807) is 30.3 Å². The van der Waals surface area contributed by atoms with Crippen LogP contribution < -0.4 is 10.2 Å². The number of hydrogen-bond donors (Lipinski definition) is 2. The Bertz CT molecular complexity index is 898. The third-order valence-corrected chi connectivity index (χ3v) is 6.99. The summed E-state index contributed by atoms with van der Waals surface area (Å²) in [4.78, 5) is 13.6. The minimum Gasteiger partial charge on any atom is -0.351 e. The summed E-state index contributed by atoms with van der Waals surface area (Å²) in [5, 5.41) is 3.62. The summed E-state index contributed by atoms with van der Waals surface area (Å²) in [7, 11) is -3.45. The molecule has 0 radical (unpaired) electrons. The smallest absolute Gasteiger partial charge is 0.275 e. The number of amides is 1. The van der Waals surface area contributed by atoms with Crippen LogP contribution >= 0.6 is 11.6 Å². The number of carbonyl (C=O) groups excluding carboxylic acids is 1. The maximum absolute atomic E-state index is 12.6. The molecule has 8 heteroatoms. The molecule has 1 saturated heterocycles. The monoisotopic (exact) mass is 422 g/mol. The summed E-state index contributed by atoms with van der Waals surface area (Å²) < 4.78 is 26.8. The fourth-order valence-corrected chi connectivity index (χ4v) is 4.96. The van der Waals surface area contributed by atoms with Gasteiger partial charge in [-0.1, -0.05) is 41.9 Å². The molecule has 0 atom stereocenters. The zero-order chi connectivity index (χ0) is 20.0. The quantitative estimate of drug-likeness (QED) is 0.686. The Labute approximate surface area is 171 Å². The lowest BCUT2D eigenvalue weighted by atomic mass is 10.1. The van der Waals surface area contributed by atoms with Crippen LogP contribution in [-0.2, 0) is 21.2 Å². The first-order valence-electron chi connectivity index (χ1n) is 9.35. The normalized spacial score (nSPS) is 16.0. The van der Waals surface area contributed by atoms with Crippen LogP contribution in [0.3, 0.4) is 0 Å². The minimum atomic E-state index is -3.45. The number of benzene rings is 2. The van der Waals surface area contributed by atoms with E-state index in [2.05, 4.69) is 5.32 Å². The van der Waals surface area contributed by atoms with E-state index in [0.29, 0.717) is 49.2 Å². The molecule has 2 aromatic carbocycles. The summed E-state index contributed by atoms with van der Waals surface area (Å²) in [6, 6.07) is 16.1. The van der Waals surface area contributed by atoms with Crippen LogP contribution in [0.4, 0.5) is 0 Å². The number of piperazine rings is 1. The molecule has 2 aromatic rings. The molecule has 1 fully saturated rings. The zero-order valence-electron chi connectivity index (χ0n) is 15.6. The molecule has 3 rings (SSSR count). The summed E-state index contributed by atoms with van der Waals surface area (Å²) in [6.07, 6.45) is 0.727. The van der Waals surface area contributed by atoms with E-state index in [-0.39, 0.29) is 5.91 Å². The molecule has 2 N–H and O–H groups in total. The van der Waals surface area contributed by atoms with Crippen molar-refractivity contribution in [3.63, 3.8) is 0 Å². The Hall–Kier alpha value is -1.93. The van der Waals surface area contributed by atoms with Crippen molar-refractivity contribution in [2.45, 2.75) is 11.3 Å². The molecule has 1 aliphatic heterocycles. The van der Waals surface area contributed by atoms with Gasteiger partial charge in [-0.3, -0.25) is 4.79 Å². The predicted molar refractivity (Wildman–Crippen MR) is 109 cm³/mol. The zero-order valence-corrected chi connectivity index (χ0v) is 17.2. The lowest BCUT2D eigenvalue weighted by Crippen LogP contribution is -3.15. The van der Waals surface area contributed by atoms with Crippen molar-refractivity contribution in [1.29, 1.82) is 0 Å². The van der Waals surface area contributed by atoms with Gasteiger partial charge in [0.15, 0.2) is 6.54 Å². The van der Waals surface area contributed by atoms with E-state index in [1.807, 2.05) is 24.3 Å². The molecular weight excluding hydrogens is 398 g/mol. The van der Waals surface area contributed by atoms with Crippen LogP contribution in [0.5, 0.6) is 0 Å². The van der Waals surface area contributed by atoms with E-state index >= 15 is 0 Å². The Morgan fingerprint density at radius 3 is 2.46 bits per heavy atom. The average Bonchev–Trinajstić information content (AvgIpc) is 2.69. The number of nitrogens with one attached hydrogen (secondary N) is 2. The number of hydrogen-bond acceptors (Lipinski definition) is 3. The molecule has 1 heterocycles. The highest BCUT2D eigenvalue weighted by Gasteiger charge is 2.30. The molecule has 28 heavy (non-hydrogen) atoms. The highest BCUT2D eigenvalue weighted by atomic mass is 35.5. The van der Waals surface area contributed by atoms with E-state index < -0.39 is 10.0 Å². The van der Waals surface area contributed by atoms with Gasteiger partial charge in [-0.25, -0.2) is 8.42 Å². The van der Waals surface area contributed by atoms with Gasteiger partial charge >= 0.3 is 0 Å². The van der Waals surface area contributed by atoms with Gasteiger partial charge in [0, 0.05) is 11.6 Å². The molecule has 0 saturated carbocycles. The SMILES string of the molecule is O=C(C[NH+]1CCN(S(=O)(=O)c2ccccc2)CC1)NCCc1cccc(Cl)c1. The number of carbonyl (C=O) groups is 1. The summed E-state index contributed by atoms with van der Waals surface area (Å²) in [5.74, 6) is -0.0172. The molecule has 1 amide bonds. The molecule has 0 spiro atoms. The molecule has 0 unspecified atom stereocenters. The van der Waals surface area contributed by atoms with Crippen molar-refractivity contribution in [3.05, 3.63) is 65.2 Å². The van der Waals surface area contributed by atoms with Crippen LogP contribution in [0.1, 0.15) is 5.56 Å². The molecule has 0 aromatic heterocycles. The molecule has 0 bridgehead atoms. The van der Waals surface area contributed by atoms with Gasteiger partial charge in [0.1, 0.15) is 0 Å². The van der Waals surface area contributed by atoms with Crippen LogP contribution in [0.2, 0.25) is 5.02 Å². The van der Waals surface area contributed by atoms with Crippen molar-refractivity contribution >= 4 is 27.5 Å². The van der Waals surface area contributed by atoms with Gasteiger partial charge < -0.3 is 10.2 Å². The van der Waals surface area contributed by atoms with Gasteiger partial charge in [-0.15, -0.1) is 0 Å². The summed E-state index contributed by atoms with van der Waals surface area (Å²) >= 11 is 5.96. The Balaban J connectivity index is 1.42. The molecular formula is C20H25ClN3O3S+. The average molecular weight is 423 g/mol. The van der Waals surface area contributed by atoms with Crippen LogP contribution in [0.15, 0.2) is 59.5 Å². The molecule has 6 nitrogen and oxygen atoms in total. The first kappa shape index (κ1) is 20.8. The standard InChI is InChI=1S/C20H24ClN3O3S/c21-18-6-4-5-17(15-18)9-10-22-20(25)16-23-11-13-24(14-12-23)28(26,27)19-7-2-1-3-8-19/h1-8,15H,9-14,16H2,(H,22,25)/p+1. The van der Waals surface area contributed by atoms with Gasteiger partial charge in [0.25, 0.3) is 5.91 Å². The van der Waals surface area contributed by atoms with E-state index in [1.165, 1.54) is 4.31 Å². The van der Waals surface area contributed by atoms with Crippen molar-refractivity contribution in [2.24, 2.45) is 0 Å². The summed E-state index contributed by atoms with van der Waals surface area (Å²) in [6.45, 7) is 2.99. The van der Waals surface area contributed by atoms with Gasteiger partial charge in [-0.2, -0.15) is 4.31 Å². The third kappa shape index (κ3) is 5.54. The number of halogens is 1. The highest BCUT2D eigenvalue weighted by molar-refractivity contribution is 7.89. The van der Waals surface area contributed by atoms with Crippen molar-refractivity contribution in [1.82, 2.24) is 9.62 Å². The minimum absolute atomic E-state index is 0.0172. The predicted octanol–water partition coefficient (Wildman–Crippen LogP) is 0.588. The lowest BCUT2D eigenvalue weighted by molar-refractivity contribution is -0.895. The second kappa shape index (κ2) is 9.52. The molecule has 1 aliphatic rings. The fourth-order valence-electron chi connectivity index (χ4n) is 3.29. The Morgan fingerprint density at radius 1 is 1.07 bits per heavy atom. The van der Waals surface area contributed by atoms with Crippen molar-refractivity contribution < 1.29 is 18.1 Å². The fraction of sp³-hybridized carbons (Fsp3) is 0.350. The Morgan fingerprint density at radius 2 is 1.79 bits per heavy atom. The van der Waals surface area contributed by atoms with Gasteiger partial charge in [-0.05, 0) is 36.2 Å². The Kier molecular flexibility index (Phi) is 7.07. The third-order valence-electron chi connectivity index (χ3n) is 4.85. The largest absolute Gasteiger partial charge is 0.351 e. The maximum Gasteiger partial charge on any atom is 0.275 e. The first-order chi connectivity index (χ1) is 13.4. The van der Waals surface area contributed by atoms with E-state index in [9.17, 15) is 13.2 Å². The van der Waals surface area contributed by atoms with Gasteiger partial charge in [0.05, 0.1) is 31.1 Å². The van der Waals surface area contributed by atoms with E-state index in [0.717, 1.165) is 16.9 Å². The number of rotatable bonds is 7. The second-order valence-electron chi connectivity index (χ2n) is 6.87. The van der Waals surface area contributed by atoms with Crippen LogP contribution in [0.25, 0.3) is 0 Å². The molecule has 150 valence electrons. The number of quaternary nitrogens is 1. The van der Waals surface area contributed by atoms with Gasteiger partial charge in [0.2, 0.25) is 10.0 Å². The highest BCUT2D eigenvalue weighted by Crippen LogP contribution is 2.14. The van der Waals surface area contributed by atoms with Crippen molar-refractivity contribution in [2.75, 3.05) is 39.3 Å². The molecule has 0 aliphatic carbocycles. The lowest BCUT2D eigenvalue weighted by Gasteiger charge is -2.31. The van der Waals surface area contributed by atoms with Crippen LogP contribution in [-0.4, -0.2) is 57.9 Å². The van der Waals surface area contributed by atoms with Crippen LogP contribution in [0, 0.1) is 0 Å². The number of nitrogens with zero attached hydrogens (tertiary/aromatic N) is 1. The van der Waals surface area contributed by atoms with E-state index in [4.69, 9.17) is 11.6 Å². The first-order valence-corrected chi connectivity index (χ1v) is 11.2. The topological polar surface area (TPSA) is 70.9 Å².